The lowest BCUT2D eigenvalue weighted by Crippen LogP contribution is -2.46. The molecular weight excluding hydrogens is 475 g/mol. The van der Waals surface area contributed by atoms with Crippen LogP contribution in [0.5, 0.6) is 0 Å². The van der Waals surface area contributed by atoms with Gasteiger partial charge in [-0.2, -0.15) is 5.10 Å². The molecule has 1 unspecified atom stereocenters. The average Bonchev–Trinajstić information content (AvgIpc) is 3.16. The van der Waals surface area contributed by atoms with Crippen molar-refractivity contribution >= 4 is 52.9 Å². The van der Waals surface area contributed by atoms with Gasteiger partial charge in [-0.05, 0) is 18.6 Å². The van der Waals surface area contributed by atoms with Gasteiger partial charge in [0.2, 0.25) is 0 Å². The van der Waals surface area contributed by atoms with Gasteiger partial charge in [0, 0.05) is 31.5 Å². The number of guanidine groups is 1. The number of aromatic nitrogens is 3. The number of rotatable bonds is 5. The molecule has 0 amide bonds. The number of aryl methyl sites for hydroxylation is 1. The Labute approximate surface area is 173 Å². The maximum atomic E-state index is 5.96. The number of methoxy groups -OCH3 is 1. The van der Waals surface area contributed by atoms with Crippen molar-refractivity contribution in [3.05, 3.63) is 33.0 Å². The third kappa shape index (κ3) is 5.53. The zero-order valence-corrected chi connectivity index (χ0v) is 18.1. The van der Waals surface area contributed by atoms with Crippen LogP contribution < -0.4 is 10.6 Å². The van der Waals surface area contributed by atoms with Crippen LogP contribution in [0, 0.1) is 0 Å². The molecule has 10 heteroatoms. The van der Waals surface area contributed by atoms with Crippen LogP contribution in [0.25, 0.3) is 0 Å². The molecule has 3 heterocycles. The van der Waals surface area contributed by atoms with Crippen LogP contribution in [0.4, 0.5) is 0 Å². The molecule has 0 aromatic carbocycles. The molecule has 1 atom stereocenters. The summed E-state index contributed by atoms with van der Waals surface area (Å²) < 4.78 is 7.86. The van der Waals surface area contributed by atoms with Crippen LogP contribution in [0.15, 0.2) is 17.1 Å². The lowest BCUT2D eigenvalue weighted by Gasteiger charge is -2.25. The lowest BCUT2D eigenvalue weighted by molar-refractivity contribution is 0.177. The van der Waals surface area contributed by atoms with E-state index in [4.69, 9.17) is 16.3 Å². The van der Waals surface area contributed by atoms with Gasteiger partial charge in [-0.15, -0.1) is 35.3 Å². The van der Waals surface area contributed by atoms with Crippen LogP contribution in [0.3, 0.4) is 0 Å². The van der Waals surface area contributed by atoms with Gasteiger partial charge in [-0.3, -0.25) is 4.99 Å². The van der Waals surface area contributed by atoms with Crippen LogP contribution in [0.1, 0.15) is 22.9 Å². The number of ether oxygens (including phenoxy) is 1. The van der Waals surface area contributed by atoms with Crippen molar-refractivity contribution < 1.29 is 4.74 Å². The Bertz CT molecular complexity index is 719. The first-order valence-corrected chi connectivity index (χ1v) is 9.00. The highest BCUT2D eigenvalue weighted by atomic mass is 127. The van der Waals surface area contributed by atoms with Crippen LogP contribution >= 0.6 is 46.9 Å². The fourth-order valence-corrected chi connectivity index (χ4v) is 3.70. The monoisotopic (exact) mass is 496 g/mol. The largest absolute Gasteiger partial charge is 0.377 e. The summed E-state index contributed by atoms with van der Waals surface area (Å²) in [6.07, 6.45) is 1.89. The minimum atomic E-state index is 0. The van der Waals surface area contributed by atoms with Crippen molar-refractivity contribution in [3.8, 4) is 0 Å². The van der Waals surface area contributed by atoms with Crippen molar-refractivity contribution in [1.29, 1.82) is 0 Å². The molecule has 0 spiro atoms. The molecule has 1 aliphatic rings. The minimum absolute atomic E-state index is 0. The first-order chi connectivity index (χ1) is 11.7. The predicted molar refractivity (Wildman–Crippen MR) is 111 cm³/mol. The Balaban J connectivity index is 0.00000225. The third-order valence-electron chi connectivity index (χ3n) is 3.80. The number of nitrogens with zero attached hydrogens (tertiary/aromatic N) is 4. The average molecular weight is 497 g/mol. The highest BCUT2D eigenvalue weighted by Gasteiger charge is 2.22. The van der Waals surface area contributed by atoms with Gasteiger partial charge in [-0.1, -0.05) is 11.6 Å². The van der Waals surface area contributed by atoms with Crippen molar-refractivity contribution in [1.82, 2.24) is 25.4 Å². The molecule has 0 fully saturated rings. The standard InChI is InChI=1S/C15H21ClN6OS.HI/c1-17-15(18-7-11-4-5-12(16)24-11)19-10-3-6-14-20-13(9-23-2)21-22(14)8-10;/h4-5,10H,3,6-9H2,1-2H3,(H2,17,18,19);1H. The number of halogens is 2. The second kappa shape index (κ2) is 9.70. The Morgan fingerprint density at radius 1 is 1.52 bits per heavy atom. The molecule has 25 heavy (non-hydrogen) atoms. The first-order valence-electron chi connectivity index (χ1n) is 7.81. The number of hydrogen-bond acceptors (Lipinski definition) is 5. The van der Waals surface area contributed by atoms with E-state index in [0.29, 0.717) is 13.2 Å². The van der Waals surface area contributed by atoms with Crippen molar-refractivity contribution in [3.63, 3.8) is 0 Å². The van der Waals surface area contributed by atoms with E-state index in [0.717, 1.165) is 41.3 Å². The highest BCUT2D eigenvalue weighted by Crippen LogP contribution is 2.21. The van der Waals surface area contributed by atoms with Crippen molar-refractivity contribution in [2.24, 2.45) is 4.99 Å². The fourth-order valence-electron chi connectivity index (χ4n) is 2.67. The minimum Gasteiger partial charge on any atom is -0.377 e. The first kappa shape index (κ1) is 20.4. The smallest absolute Gasteiger partial charge is 0.191 e. The molecule has 2 N–H and O–H groups in total. The Morgan fingerprint density at radius 3 is 3.04 bits per heavy atom. The fraction of sp³-hybridized carbons (Fsp3) is 0.533. The van der Waals surface area contributed by atoms with E-state index >= 15 is 0 Å². The summed E-state index contributed by atoms with van der Waals surface area (Å²) in [5.74, 6) is 2.55. The quantitative estimate of drug-likeness (QED) is 0.378. The highest BCUT2D eigenvalue weighted by molar-refractivity contribution is 14.0. The summed E-state index contributed by atoms with van der Waals surface area (Å²) in [5.41, 5.74) is 0. The topological polar surface area (TPSA) is 76.4 Å². The molecule has 2 aromatic heterocycles. The summed E-state index contributed by atoms with van der Waals surface area (Å²) in [6.45, 7) is 1.93. The molecule has 0 radical (unpaired) electrons. The SMILES string of the molecule is CN=C(NCc1ccc(Cl)s1)NC1CCc2nc(COC)nn2C1.I. The van der Waals surface area contributed by atoms with E-state index < -0.39 is 0 Å². The third-order valence-corrected chi connectivity index (χ3v) is 5.03. The molecule has 1 aliphatic heterocycles. The number of fused-ring (bicyclic) bond motifs is 1. The van der Waals surface area contributed by atoms with Gasteiger partial charge in [0.25, 0.3) is 0 Å². The molecule has 0 saturated carbocycles. The van der Waals surface area contributed by atoms with Gasteiger partial charge >= 0.3 is 0 Å². The van der Waals surface area contributed by atoms with E-state index in [-0.39, 0.29) is 30.0 Å². The zero-order valence-electron chi connectivity index (χ0n) is 14.2. The predicted octanol–water partition coefficient (Wildman–Crippen LogP) is 2.44. The van der Waals surface area contributed by atoms with Gasteiger partial charge in [0.05, 0.1) is 17.4 Å². The molecule has 0 bridgehead atoms. The Hall–Kier alpha value is -0.910. The summed E-state index contributed by atoms with van der Waals surface area (Å²) in [5, 5.41) is 11.3. The summed E-state index contributed by atoms with van der Waals surface area (Å²) in [4.78, 5) is 9.97. The number of hydrogen-bond donors (Lipinski definition) is 2. The normalized spacial score (nSPS) is 16.9. The van der Waals surface area contributed by atoms with Gasteiger partial charge in [-0.25, -0.2) is 9.67 Å². The zero-order chi connectivity index (χ0) is 16.9. The maximum absolute atomic E-state index is 5.96. The molecule has 0 aliphatic carbocycles. The summed E-state index contributed by atoms with van der Waals surface area (Å²) >= 11 is 7.53. The molecular formula is C15H22ClIN6OS. The number of thiophene rings is 1. The Kier molecular flexibility index (Phi) is 7.91. The maximum Gasteiger partial charge on any atom is 0.191 e. The summed E-state index contributed by atoms with van der Waals surface area (Å²) in [7, 11) is 3.43. The van der Waals surface area contributed by atoms with Gasteiger partial charge in [0.15, 0.2) is 11.8 Å². The van der Waals surface area contributed by atoms with E-state index in [9.17, 15) is 0 Å². The second-order valence-electron chi connectivity index (χ2n) is 5.57. The van der Waals surface area contributed by atoms with E-state index in [1.54, 1.807) is 25.5 Å². The molecule has 2 aromatic rings. The lowest BCUT2D eigenvalue weighted by atomic mass is 10.1. The van der Waals surface area contributed by atoms with Crippen LogP contribution in [0.2, 0.25) is 4.34 Å². The van der Waals surface area contributed by atoms with Crippen LogP contribution in [-0.2, 0) is 30.9 Å². The van der Waals surface area contributed by atoms with Crippen LogP contribution in [-0.4, -0.2) is 40.9 Å². The van der Waals surface area contributed by atoms with Gasteiger partial charge in [0.1, 0.15) is 12.4 Å². The summed E-state index contributed by atoms with van der Waals surface area (Å²) in [6, 6.07) is 4.20. The molecule has 7 nitrogen and oxygen atoms in total. The van der Waals surface area contributed by atoms with Gasteiger partial charge < -0.3 is 15.4 Å². The second-order valence-corrected chi connectivity index (χ2v) is 7.37. The van der Waals surface area contributed by atoms with Crippen molar-refractivity contribution in [2.75, 3.05) is 14.2 Å². The van der Waals surface area contributed by atoms with Crippen molar-refractivity contribution in [2.45, 2.75) is 38.6 Å². The molecule has 138 valence electrons. The van der Waals surface area contributed by atoms with E-state index in [1.807, 2.05) is 16.8 Å². The van der Waals surface area contributed by atoms with E-state index in [2.05, 4.69) is 25.7 Å². The number of nitrogens with one attached hydrogen (secondary N) is 2. The van der Waals surface area contributed by atoms with E-state index in [1.165, 1.54) is 4.88 Å². The molecule has 3 rings (SSSR count). The number of aliphatic imine (C=N–C) groups is 1. The Morgan fingerprint density at radius 2 is 2.36 bits per heavy atom. The molecule has 0 saturated heterocycles.